The summed E-state index contributed by atoms with van der Waals surface area (Å²) in [6, 6.07) is 6.89. The average molecular weight is 178 g/mol. The monoisotopic (exact) mass is 178 g/mol. The van der Waals surface area contributed by atoms with Crippen molar-refractivity contribution in [3.63, 3.8) is 0 Å². The standard InChI is InChI=1S/C9H9NO3/c1-6-4-2-3-5-7(6)10-8(11)9(12)13/h2-5H,1H3,(H,10,11)(H,12,13)/p-1. The van der Waals surface area contributed by atoms with E-state index in [1.165, 1.54) is 0 Å². The van der Waals surface area contributed by atoms with Crippen LogP contribution in [0, 0.1) is 6.92 Å². The highest BCUT2D eigenvalue weighted by Crippen LogP contribution is 2.12. The highest BCUT2D eigenvalue weighted by Gasteiger charge is 2.03. The molecule has 1 rings (SSSR count). The third-order valence-corrected chi connectivity index (χ3v) is 1.58. The molecule has 1 aromatic rings. The number of para-hydroxylation sites is 1. The molecule has 0 saturated heterocycles. The minimum atomic E-state index is -1.73. The zero-order valence-electron chi connectivity index (χ0n) is 7.03. The topological polar surface area (TPSA) is 69.2 Å². The van der Waals surface area contributed by atoms with Crippen LogP contribution in [-0.2, 0) is 9.59 Å². The molecule has 0 atom stereocenters. The summed E-state index contributed by atoms with van der Waals surface area (Å²) in [6.07, 6.45) is 0. The number of rotatable bonds is 1. The van der Waals surface area contributed by atoms with Gasteiger partial charge in [-0.25, -0.2) is 0 Å². The van der Waals surface area contributed by atoms with E-state index in [9.17, 15) is 14.7 Å². The van der Waals surface area contributed by atoms with E-state index in [1.54, 1.807) is 31.2 Å². The predicted molar refractivity (Wildman–Crippen MR) is 44.8 cm³/mol. The fourth-order valence-corrected chi connectivity index (χ4v) is 0.886. The quantitative estimate of drug-likeness (QED) is 0.599. The number of carboxylic acid groups (broad SMARTS) is 1. The first-order valence-corrected chi connectivity index (χ1v) is 3.69. The van der Waals surface area contributed by atoms with Crippen molar-refractivity contribution in [2.45, 2.75) is 6.92 Å². The molecule has 1 N–H and O–H groups in total. The Morgan fingerprint density at radius 3 is 2.46 bits per heavy atom. The van der Waals surface area contributed by atoms with Crippen LogP contribution in [0.3, 0.4) is 0 Å². The van der Waals surface area contributed by atoms with Crippen LogP contribution in [0.5, 0.6) is 0 Å². The van der Waals surface area contributed by atoms with Gasteiger partial charge in [0.25, 0.3) is 5.91 Å². The summed E-state index contributed by atoms with van der Waals surface area (Å²) in [4.78, 5) is 20.8. The summed E-state index contributed by atoms with van der Waals surface area (Å²) >= 11 is 0. The Morgan fingerprint density at radius 2 is 1.92 bits per heavy atom. The van der Waals surface area contributed by atoms with Crippen LogP contribution in [0.2, 0.25) is 0 Å². The molecule has 0 unspecified atom stereocenters. The second-order valence-corrected chi connectivity index (χ2v) is 2.56. The first-order valence-electron chi connectivity index (χ1n) is 3.69. The Hall–Kier alpha value is -1.84. The summed E-state index contributed by atoms with van der Waals surface area (Å²) in [7, 11) is 0. The molecular weight excluding hydrogens is 170 g/mol. The normalized spacial score (nSPS) is 9.31. The first-order chi connectivity index (χ1) is 6.11. The van der Waals surface area contributed by atoms with Gasteiger partial charge in [-0.2, -0.15) is 0 Å². The molecule has 68 valence electrons. The minimum Gasteiger partial charge on any atom is -0.540 e. The Morgan fingerprint density at radius 1 is 1.31 bits per heavy atom. The molecule has 0 aliphatic carbocycles. The van der Waals surface area contributed by atoms with E-state index < -0.39 is 11.9 Å². The largest absolute Gasteiger partial charge is 0.540 e. The summed E-state index contributed by atoms with van der Waals surface area (Å²) in [6.45, 7) is 1.77. The van der Waals surface area contributed by atoms with E-state index >= 15 is 0 Å². The van der Waals surface area contributed by atoms with Crippen LogP contribution < -0.4 is 10.4 Å². The van der Waals surface area contributed by atoms with Crippen molar-refractivity contribution >= 4 is 17.6 Å². The number of hydrogen-bond donors (Lipinski definition) is 1. The van der Waals surface area contributed by atoms with Gasteiger partial charge in [0.15, 0.2) is 0 Å². The number of nitrogens with one attached hydrogen (secondary N) is 1. The molecule has 1 amide bonds. The molecule has 0 spiro atoms. The van der Waals surface area contributed by atoms with Gasteiger partial charge in [0, 0.05) is 5.69 Å². The summed E-state index contributed by atoms with van der Waals surface area (Å²) < 4.78 is 0. The fourth-order valence-electron chi connectivity index (χ4n) is 0.886. The number of carbonyl (C=O) groups excluding carboxylic acids is 2. The van der Waals surface area contributed by atoms with Gasteiger partial charge in [0.1, 0.15) is 5.97 Å². The number of aliphatic carboxylic acids is 1. The molecule has 0 heterocycles. The smallest absolute Gasteiger partial charge is 0.271 e. The maximum Gasteiger partial charge on any atom is 0.271 e. The number of benzene rings is 1. The predicted octanol–water partition coefficient (Wildman–Crippen LogP) is -0.317. The van der Waals surface area contributed by atoms with Crippen molar-refractivity contribution in [2.24, 2.45) is 0 Å². The summed E-state index contributed by atoms with van der Waals surface area (Å²) in [5.41, 5.74) is 1.29. The van der Waals surface area contributed by atoms with E-state index in [1.807, 2.05) is 0 Å². The van der Waals surface area contributed by atoms with Gasteiger partial charge >= 0.3 is 0 Å². The second-order valence-electron chi connectivity index (χ2n) is 2.56. The lowest BCUT2D eigenvalue weighted by molar-refractivity contribution is -0.299. The van der Waals surface area contributed by atoms with E-state index in [2.05, 4.69) is 5.32 Å². The van der Waals surface area contributed by atoms with Crippen LogP contribution in [0.25, 0.3) is 0 Å². The average Bonchev–Trinajstić information content (AvgIpc) is 2.08. The van der Waals surface area contributed by atoms with Crippen molar-refractivity contribution in [3.05, 3.63) is 29.8 Å². The van der Waals surface area contributed by atoms with Crippen molar-refractivity contribution in [1.29, 1.82) is 0 Å². The molecule has 4 nitrogen and oxygen atoms in total. The highest BCUT2D eigenvalue weighted by atomic mass is 16.4. The van der Waals surface area contributed by atoms with Crippen molar-refractivity contribution in [2.75, 3.05) is 5.32 Å². The molecule has 0 bridgehead atoms. The van der Waals surface area contributed by atoms with E-state index in [4.69, 9.17) is 0 Å². The summed E-state index contributed by atoms with van der Waals surface area (Å²) in [5, 5.41) is 12.3. The van der Waals surface area contributed by atoms with Crippen LogP contribution in [0.1, 0.15) is 5.56 Å². The molecule has 1 aromatic carbocycles. The zero-order chi connectivity index (χ0) is 9.84. The van der Waals surface area contributed by atoms with Crippen LogP contribution in [-0.4, -0.2) is 11.9 Å². The number of anilines is 1. The molecule has 0 aliphatic rings. The Kier molecular flexibility index (Phi) is 2.64. The van der Waals surface area contributed by atoms with Gasteiger partial charge in [0.2, 0.25) is 0 Å². The minimum absolute atomic E-state index is 0.483. The second kappa shape index (κ2) is 3.71. The van der Waals surface area contributed by atoms with Gasteiger partial charge in [-0.05, 0) is 18.6 Å². The molecule has 0 aromatic heterocycles. The Balaban J connectivity index is 2.81. The van der Waals surface area contributed by atoms with Crippen molar-refractivity contribution in [1.82, 2.24) is 0 Å². The number of aryl methyl sites for hydroxylation is 1. The molecule has 0 fully saturated rings. The third-order valence-electron chi connectivity index (χ3n) is 1.58. The zero-order valence-corrected chi connectivity index (χ0v) is 7.03. The maximum absolute atomic E-state index is 10.7. The maximum atomic E-state index is 10.7. The van der Waals surface area contributed by atoms with Gasteiger partial charge in [0.05, 0.1) is 0 Å². The molecule has 0 aliphatic heterocycles. The van der Waals surface area contributed by atoms with Gasteiger partial charge < -0.3 is 15.2 Å². The van der Waals surface area contributed by atoms with Crippen LogP contribution in [0.4, 0.5) is 5.69 Å². The van der Waals surface area contributed by atoms with Crippen LogP contribution >= 0.6 is 0 Å². The fraction of sp³-hybridized carbons (Fsp3) is 0.111. The molecule has 4 heteroatoms. The molecular formula is C9H8NO3-. The Labute approximate surface area is 75.2 Å². The SMILES string of the molecule is Cc1ccccc1NC(=O)C(=O)[O-]. The lowest BCUT2D eigenvalue weighted by Gasteiger charge is -2.07. The summed E-state index contributed by atoms with van der Waals surface area (Å²) in [5.74, 6) is -2.86. The number of carbonyl (C=O) groups is 2. The highest BCUT2D eigenvalue weighted by molar-refractivity contribution is 6.35. The lowest BCUT2D eigenvalue weighted by Crippen LogP contribution is -2.36. The van der Waals surface area contributed by atoms with Crippen molar-refractivity contribution in [3.8, 4) is 0 Å². The van der Waals surface area contributed by atoms with E-state index in [-0.39, 0.29) is 0 Å². The number of hydrogen-bond acceptors (Lipinski definition) is 3. The number of amides is 1. The number of carboxylic acids is 1. The molecule has 0 radical (unpaired) electrons. The van der Waals surface area contributed by atoms with Gasteiger partial charge in [-0.15, -0.1) is 0 Å². The molecule has 0 saturated carbocycles. The van der Waals surface area contributed by atoms with Gasteiger partial charge in [-0.3, -0.25) is 4.79 Å². The first kappa shape index (κ1) is 9.25. The van der Waals surface area contributed by atoms with E-state index in [0.29, 0.717) is 5.69 Å². The third kappa shape index (κ3) is 2.30. The Bertz CT molecular complexity index is 346. The van der Waals surface area contributed by atoms with Crippen LogP contribution in [0.15, 0.2) is 24.3 Å². The lowest BCUT2D eigenvalue weighted by atomic mass is 10.2. The van der Waals surface area contributed by atoms with E-state index in [0.717, 1.165) is 5.56 Å². The van der Waals surface area contributed by atoms with Crippen molar-refractivity contribution < 1.29 is 14.7 Å². The molecule has 13 heavy (non-hydrogen) atoms. The van der Waals surface area contributed by atoms with Gasteiger partial charge in [-0.1, -0.05) is 18.2 Å².